The number of benzene rings is 2. The lowest BCUT2D eigenvalue weighted by molar-refractivity contribution is 0.0728. The van der Waals surface area contributed by atoms with E-state index in [2.05, 4.69) is 18.2 Å². The van der Waals surface area contributed by atoms with Crippen molar-refractivity contribution in [2.75, 3.05) is 31.8 Å². The van der Waals surface area contributed by atoms with Gasteiger partial charge in [0.2, 0.25) is 0 Å². The monoisotopic (exact) mass is 416 g/mol. The average Bonchev–Trinajstić information content (AvgIpc) is 2.65. The third-order valence-corrected chi connectivity index (χ3v) is 6.09. The first-order chi connectivity index (χ1) is 13.6. The molecule has 7 heteroatoms. The first-order valence-corrected chi connectivity index (χ1v) is 11.5. The van der Waals surface area contributed by atoms with Gasteiger partial charge in [-0.2, -0.15) is 0 Å². The summed E-state index contributed by atoms with van der Waals surface area (Å²) in [6.07, 6.45) is 1.77. The Hall–Kier alpha value is -2.54. The van der Waals surface area contributed by atoms with Crippen LogP contribution in [-0.2, 0) is 22.8 Å². The van der Waals surface area contributed by atoms with Gasteiger partial charge in [0.25, 0.3) is 5.91 Å². The van der Waals surface area contributed by atoms with Crippen LogP contribution in [0.15, 0.2) is 41.3 Å². The van der Waals surface area contributed by atoms with Gasteiger partial charge in [-0.25, -0.2) is 8.42 Å². The number of fused-ring (bicyclic) bond motifs is 1. The Morgan fingerprint density at radius 3 is 2.45 bits per heavy atom. The Bertz CT molecular complexity index is 1030. The van der Waals surface area contributed by atoms with Crippen molar-refractivity contribution in [2.45, 2.75) is 37.8 Å². The highest BCUT2D eigenvalue weighted by molar-refractivity contribution is 7.90. The van der Waals surface area contributed by atoms with Gasteiger partial charge in [0.05, 0.1) is 16.6 Å². The number of nitrogens with zero attached hydrogens (tertiary/aromatic N) is 2. The number of carbonyl (C=O) groups excluding carboxylic acids is 1. The number of carbonyl (C=O) groups is 1. The number of anilines is 1. The molecule has 0 N–H and O–H groups in total. The Labute approximate surface area is 173 Å². The van der Waals surface area contributed by atoms with Crippen molar-refractivity contribution >= 4 is 21.4 Å². The minimum atomic E-state index is -3.43. The van der Waals surface area contributed by atoms with E-state index in [0.29, 0.717) is 18.8 Å². The standard InChI is InChI=1S/C22H28N2O4S/c1-15(2)28-21-9-8-19(29(5,26)27)13-20(21)22(25)24-11-10-16-6-7-18(23(3)4)12-17(16)14-24/h6-9,12-13,15H,10-11,14H2,1-5H3. The number of ether oxygens (including phenoxy) is 1. The van der Waals surface area contributed by atoms with Crippen molar-refractivity contribution in [1.82, 2.24) is 4.90 Å². The molecule has 1 aliphatic heterocycles. The third kappa shape index (κ3) is 4.72. The van der Waals surface area contributed by atoms with Crippen LogP contribution >= 0.6 is 0 Å². The Balaban J connectivity index is 1.96. The predicted molar refractivity (Wildman–Crippen MR) is 115 cm³/mol. The fourth-order valence-electron chi connectivity index (χ4n) is 3.43. The first-order valence-electron chi connectivity index (χ1n) is 9.65. The summed E-state index contributed by atoms with van der Waals surface area (Å²) in [6, 6.07) is 10.8. The SMILES string of the molecule is CC(C)Oc1ccc(S(C)(=O)=O)cc1C(=O)N1CCc2ccc(N(C)C)cc2C1. The molecule has 0 unspecified atom stereocenters. The number of hydrogen-bond acceptors (Lipinski definition) is 5. The van der Waals surface area contributed by atoms with E-state index in [-0.39, 0.29) is 22.5 Å². The highest BCUT2D eigenvalue weighted by Crippen LogP contribution is 2.29. The van der Waals surface area contributed by atoms with Crippen LogP contribution in [0.5, 0.6) is 5.75 Å². The fraction of sp³-hybridized carbons (Fsp3) is 0.409. The summed E-state index contributed by atoms with van der Waals surface area (Å²) in [5.74, 6) is 0.192. The summed E-state index contributed by atoms with van der Waals surface area (Å²) in [4.78, 5) is 17.3. The van der Waals surface area contributed by atoms with Crippen molar-refractivity contribution in [2.24, 2.45) is 0 Å². The normalized spacial score (nSPS) is 13.9. The van der Waals surface area contributed by atoms with Crippen LogP contribution in [0.4, 0.5) is 5.69 Å². The Kier molecular flexibility index (Phi) is 5.89. The topological polar surface area (TPSA) is 66.9 Å². The molecule has 0 radical (unpaired) electrons. The molecule has 1 aliphatic rings. The fourth-order valence-corrected chi connectivity index (χ4v) is 4.08. The molecule has 0 aromatic heterocycles. The third-order valence-electron chi connectivity index (χ3n) is 4.98. The van der Waals surface area contributed by atoms with Gasteiger partial charge in [-0.1, -0.05) is 6.07 Å². The second-order valence-corrected chi connectivity index (χ2v) is 9.94. The summed E-state index contributed by atoms with van der Waals surface area (Å²) in [5.41, 5.74) is 3.72. The van der Waals surface area contributed by atoms with Crippen molar-refractivity contribution < 1.29 is 17.9 Å². The lowest BCUT2D eigenvalue weighted by atomic mass is 9.98. The van der Waals surface area contributed by atoms with Gasteiger partial charge in [-0.05, 0) is 61.7 Å². The maximum absolute atomic E-state index is 13.4. The van der Waals surface area contributed by atoms with Gasteiger partial charge in [-0.3, -0.25) is 4.79 Å². The van der Waals surface area contributed by atoms with E-state index < -0.39 is 9.84 Å². The lowest BCUT2D eigenvalue weighted by Crippen LogP contribution is -2.36. The highest BCUT2D eigenvalue weighted by atomic mass is 32.2. The molecule has 0 saturated carbocycles. The van der Waals surface area contributed by atoms with E-state index >= 15 is 0 Å². The molecule has 0 aliphatic carbocycles. The largest absolute Gasteiger partial charge is 0.490 e. The quantitative estimate of drug-likeness (QED) is 0.749. The van der Waals surface area contributed by atoms with Gasteiger partial charge < -0.3 is 14.5 Å². The van der Waals surface area contributed by atoms with Gasteiger partial charge in [0, 0.05) is 39.1 Å². The molecule has 0 saturated heterocycles. The smallest absolute Gasteiger partial charge is 0.257 e. The summed E-state index contributed by atoms with van der Waals surface area (Å²) in [6.45, 7) is 4.81. The Morgan fingerprint density at radius 1 is 1.10 bits per heavy atom. The zero-order chi connectivity index (χ0) is 21.3. The van der Waals surface area contributed by atoms with Crippen LogP contribution < -0.4 is 9.64 Å². The predicted octanol–water partition coefficient (Wildman–Crippen LogP) is 3.14. The maximum Gasteiger partial charge on any atom is 0.257 e. The molecule has 29 heavy (non-hydrogen) atoms. The van der Waals surface area contributed by atoms with E-state index in [1.165, 1.54) is 17.7 Å². The van der Waals surface area contributed by atoms with E-state index in [4.69, 9.17) is 4.74 Å². The Morgan fingerprint density at radius 2 is 1.83 bits per heavy atom. The lowest BCUT2D eigenvalue weighted by Gasteiger charge is -2.30. The van der Waals surface area contributed by atoms with Gasteiger partial charge in [0.1, 0.15) is 5.75 Å². The van der Waals surface area contributed by atoms with Gasteiger partial charge in [0.15, 0.2) is 9.84 Å². The van der Waals surface area contributed by atoms with Crippen LogP contribution in [0.1, 0.15) is 35.3 Å². The molecule has 1 amide bonds. The van der Waals surface area contributed by atoms with Crippen molar-refractivity contribution in [3.8, 4) is 5.75 Å². The molecular formula is C22H28N2O4S. The summed E-state index contributed by atoms with van der Waals surface area (Å²) in [5, 5.41) is 0. The van der Waals surface area contributed by atoms with Crippen LogP contribution in [0.25, 0.3) is 0 Å². The highest BCUT2D eigenvalue weighted by Gasteiger charge is 2.26. The van der Waals surface area contributed by atoms with Crippen LogP contribution in [0.3, 0.4) is 0 Å². The van der Waals surface area contributed by atoms with E-state index in [1.807, 2.05) is 32.8 Å². The van der Waals surface area contributed by atoms with Crippen LogP contribution in [0, 0.1) is 0 Å². The minimum absolute atomic E-state index is 0.115. The summed E-state index contributed by atoms with van der Waals surface area (Å²) in [7, 11) is 0.541. The van der Waals surface area contributed by atoms with E-state index in [1.54, 1.807) is 11.0 Å². The maximum atomic E-state index is 13.4. The molecule has 6 nitrogen and oxygen atoms in total. The molecule has 3 rings (SSSR count). The molecule has 0 bridgehead atoms. The molecule has 156 valence electrons. The van der Waals surface area contributed by atoms with Crippen LogP contribution in [0.2, 0.25) is 0 Å². The molecular weight excluding hydrogens is 388 g/mol. The number of amides is 1. The second kappa shape index (κ2) is 8.06. The van der Waals surface area contributed by atoms with Crippen molar-refractivity contribution in [1.29, 1.82) is 0 Å². The van der Waals surface area contributed by atoms with Gasteiger partial charge >= 0.3 is 0 Å². The molecule has 0 fully saturated rings. The second-order valence-electron chi connectivity index (χ2n) is 7.92. The first kappa shape index (κ1) is 21.2. The number of hydrogen-bond donors (Lipinski definition) is 0. The minimum Gasteiger partial charge on any atom is -0.490 e. The molecule has 1 heterocycles. The molecule has 2 aromatic rings. The van der Waals surface area contributed by atoms with Crippen LogP contribution in [-0.4, -0.2) is 52.2 Å². The van der Waals surface area contributed by atoms with E-state index in [9.17, 15) is 13.2 Å². The zero-order valence-electron chi connectivity index (χ0n) is 17.6. The van der Waals surface area contributed by atoms with Crippen molar-refractivity contribution in [3.05, 3.63) is 53.1 Å². The summed E-state index contributed by atoms with van der Waals surface area (Å²) >= 11 is 0. The molecule has 0 spiro atoms. The summed E-state index contributed by atoms with van der Waals surface area (Å²) < 4.78 is 29.8. The number of rotatable bonds is 5. The number of sulfone groups is 1. The molecule has 2 aromatic carbocycles. The van der Waals surface area contributed by atoms with E-state index in [0.717, 1.165) is 23.9 Å². The zero-order valence-corrected chi connectivity index (χ0v) is 18.4. The molecule has 0 atom stereocenters. The van der Waals surface area contributed by atoms with Crippen molar-refractivity contribution in [3.63, 3.8) is 0 Å². The van der Waals surface area contributed by atoms with Gasteiger partial charge in [-0.15, -0.1) is 0 Å². The average molecular weight is 417 g/mol.